The van der Waals surface area contributed by atoms with Crippen molar-refractivity contribution in [1.82, 2.24) is 14.3 Å². The molecule has 6 nitrogen and oxygen atoms in total. The first-order valence-corrected chi connectivity index (χ1v) is 11.0. The van der Waals surface area contributed by atoms with Crippen molar-refractivity contribution in [3.63, 3.8) is 0 Å². The molecule has 0 atom stereocenters. The van der Waals surface area contributed by atoms with Crippen LogP contribution in [0.3, 0.4) is 0 Å². The smallest absolute Gasteiger partial charge is 0.211 e. The average molecular weight is 369 g/mol. The molecule has 0 spiro atoms. The van der Waals surface area contributed by atoms with E-state index < -0.39 is 10.0 Å². The van der Waals surface area contributed by atoms with Gasteiger partial charge in [0.15, 0.2) is 0 Å². The number of hydrogen-bond acceptors (Lipinski definition) is 6. The lowest BCUT2D eigenvalue weighted by Crippen LogP contribution is -2.31. The Bertz CT molecular complexity index is 845. The minimum Gasteiger partial charge on any atom is -0.369 e. The van der Waals surface area contributed by atoms with Gasteiger partial charge in [0, 0.05) is 24.5 Å². The quantitative estimate of drug-likeness (QED) is 0.760. The summed E-state index contributed by atoms with van der Waals surface area (Å²) in [6.45, 7) is 5.51. The van der Waals surface area contributed by atoms with Gasteiger partial charge in [-0.25, -0.2) is 22.7 Å². The number of nitrogens with one attached hydrogen (secondary N) is 1. The largest absolute Gasteiger partial charge is 0.369 e. The van der Waals surface area contributed by atoms with E-state index >= 15 is 0 Å². The highest BCUT2D eigenvalue weighted by Crippen LogP contribution is 2.39. The van der Waals surface area contributed by atoms with Crippen LogP contribution in [0.1, 0.15) is 36.0 Å². The first kappa shape index (κ1) is 17.6. The molecule has 0 radical (unpaired) electrons. The van der Waals surface area contributed by atoms with Gasteiger partial charge >= 0.3 is 0 Å². The third-order valence-corrected chi connectivity index (χ3v) is 6.94. The third kappa shape index (κ3) is 3.55. The van der Waals surface area contributed by atoms with Gasteiger partial charge in [-0.15, -0.1) is 11.3 Å². The minimum atomic E-state index is -3.12. The fourth-order valence-electron chi connectivity index (χ4n) is 3.25. The Morgan fingerprint density at radius 1 is 1.29 bits per heavy atom. The molecule has 0 saturated carbocycles. The van der Waals surface area contributed by atoms with E-state index in [1.807, 2.05) is 13.8 Å². The van der Waals surface area contributed by atoms with E-state index in [4.69, 9.17) is 0 Å². The number of rotatable bonds is 7. The number of sulfonamides is 1. The Morgan fingerprint density at radius 3 is 2.79 bits per heavy atom. The number of hydrogen-bond donors (Lipinski definition) is 1. The molecule has 2 aromatic heterocycles. The lowest BCUT2D eigenvalue weighted by molar-refractivity contribution is 0.428. The van der Waals surface area contributed by atoms with Crippen LogP contribution in [-0.2, 0) is 22.9 Å². The summed E-state index contributed by atoms with van der Waals surface area (Å²) in [5.41, 5.74) is 1.41. The molecule has 1 aliphatic carbocycles. The lowest BCUT2D eigenvalue weighted by Gasteiger charge is -2.17. The van der Waals surface area contributed by atoms with E-state index in [1.54, 1.807) is 11.3 Å². The van der Waals surface area contributed by atoms with Gasteiger partial charge < -0.3 is 5.32 Å². The van der Waals surface area contributed by atoms with Crippen molar-refractivity contribution in [3.8, 4) is 0 Å². The number of thiophene rings is 1. The van der Waals surface area contributed by atoms with Gasteiger partial charge in [-0.3, -0.25) is 0 Å². The first-order valence-electron chi connectivity index (χ1n) is 8.38. The maximum Gasteiger partial charge on any atom is 0.211 e. The summed E-state index contributed by atoms with van der Waals surface area (Å²) < 4.78 is 24.7. The lowest BCUT2D eigenvalue weighted by atomic mass is 10.2. The fraction of sp³-hybridized carbons (Fsp3) is 0.625. The van der Waals surface area contributed by atoms with Gasteiger partial charge in [0.25, 0.3) is 0 Å². The van der Waals surface area contributed by atoms with E-state index in [-0.39, 0.29) is 0 Å². The standard InChI is InChI=1S/C16H24N4O2S2/c1-4-20(24(3,21)22)10-6-9-17-15-14-12-7-5-8-13(12)23-16(14)19-11(2)18-15/h4-10H2,1-3H3,(H,17,18,19). The molecular weight excluding hydrogens is 344 g/mol. The monoisotopic (exact) mass is 368 g/mol. The Labute approximate surface area is 147 Å². The predicted molar refractivity (Wildman–Crippen MR) is 99.4 cm³/mol. The second-order valence-corrected chi connectivity index (χ2v) is 9.26. The van der Waals surface area contributed by atoms with Crippen LogP contribution >= 0.6 is 11.3 Å². The van der Waals surface area contributed by atoms with Gasteiger partial charge in [-0.05, 0) is 38.2 Å². The summed E-state index contributed by atoms with van der Waals surface area (Å²) >= 11 is 1.79. The molecule has 0 bridgehead atoms. The third-order valence-electron chi connectivity index (χ3n) is 4.37. The highest BCUT2D eigenvalue weighted by Gasteiger charge is 2.21. The van der Waals surface area contributed by atoms with Crippen molar-refractivity contribution >= 4 is 37.4 Å². The summed E-state index contributed by atoms with van der Waals surface area (Å²) in [7, 11) is -3.12. The highest BCUT2D eigenvalue weighted by atomic mass is 32.2. The molecule has 2 heterocycles. The summed E-state index contributed by atoms with van der Waals surface area (Å²) in [5, 5.41) is 4.58. The van der Waals surface area contributed by atoms with E-state index in [9.17, 15) is 8.42 Å². The maximum atomic E-state index is 11.6. The molecule has 132 valence electrons. The Hall–Kier alpha value is -1.25. The van der Waals surface area contributed by atoms with Gasteiger partial charge in [0.2, 0.25) is 10.0 Å². The molecule has 2 aromatic rings. The van der Waals surface area contributed by atoms with Crippen molar-refractivity contribution in [2.75, 3.05) is 31.2 Å². The topological polar surface area (TPSA) is 75.2 Å². The summed E-state index contributed by atoms with van der Waals surface area (Å²) in [6, 6.07) is 0. The second kappa shape index (κ2) is 6.93. The Balaban J connectivity index is 1.72. The number of aromatic nitrogens is 2. The van der Waals surface area contributed by atoms with Crippen molar-refractivity contribution in [2.24, 2.45) is 0 Å². The molecule has 0 saturated heterocycles. The molecule has 1 aliphatic rings. The maximum absolute atomic E-state index is 11.6. The minimum absolute atomic E-state index is 0.508. The number of anilines is 1. The number of nitrogens with zero attached hydrogens (tertiary/aromatic N) is 3. The van der Waals surface area contributed by atoms with Crippen LogP contribution in [-0.4, -0.2) is 48.6 Å². The number of aryl methyl sites for hydroxylation is 3. The SMILES string of the molecule is CCN(CCCNc1nc(C)nc2sc3c(c12)CCC3)S(C)(=O)=O. The van der Waals surface area contributed by atoms with Gasteiger partial charge in [-0.1, -0.05) is 6.92 Å². The van der Waals surface area contributed by atoms with Crippen LogP contribution in [0, 0.1) is 6.92 Å². The predicted octanol–water partition coefficient (Wildman–Crippen LogP) is 2.57. The summed E-state index contributed by atoms with van der Waals surface area (Å²) in [6.07, 6.45) is 5.47. The summed E-state index contributed by atoms with van der Waals surface area (Å²) in [4.78, 5) is 11.7. The van der Waals surface area contributed by atoms with Crippen molar-refractivity contribution in [1.29, 1.82) is 0 Å². The Kier molecular flexibility index (Phi) is 5.08. The molecule has 0 unspecified atom stereocenters. The molecular formula is C16H24N4O2S2. The molecule has 0 aromatic carbocycles. The first-order chi connectivity index (χ1) is 11.4. The Morgan fingerprint density at radius 2 is 2.08 bits per heavy atom. The normalized spacial score (nSPS) is 14.5. The van der Waals surface area contributed by atoms with Crippen LogP contribution in [0.5, 0.6) is 0 Å². The molecule has 8 heteroatoms. The van der Waals surface area contributed by atoms with Crippen LogP contribution in [0.4, 0.5) is 5.82 Å². The average Bonchev–Trinajstić information content (AvgIpc) is 3.05. The molecule has 0 aliphatic heterocycles. The van der Waals surface area contributed by atoms with Crippen molar-refractivity contribution in [2.45, 2.75) is 39.5 Å². The van der Waals surface area contributed by atoms with Gasteiger partial charge in [0.1, 0.15) is 16.5 Å². The van der Waals surface area contributed by atoms with Crippen LogP contribution in [0.25, 0.3) is 10.2 Å². The van der Waals surface area contributed by atoms with E-state index in [1.165, 1.54) is 32.8 Å². The van der Waals surface area contributed by atoms with Gasteiger partial charge in [0.05, 0.1) is 11.6 Å². The number of fused-ring (bicyclic) bond motifs is 3. The van der Waals surface area contributed by atoms with Crippen LogP contribution in [0.2, 0.25) is 0 Å². The highest BCUT2D eigenvalue weighted by molar-refractivity contribution is 7.88. The zero-order chi connectivity index (χ0) is 17.3. The molecule has 0 amide bonds. The van der Waals surface area contributed by atoms with E-state index in [0.29, 0.717) is 19.6 Å². The zero-order valence-corrected chi connectivity index (χ0v) is 16.1. The molecule has 1 N–H and O–H groups in total. The van der Waals surface area contributed by atoms with Gasteiger partial charge in [-0.2, -0.15) is 0 Å². The molecule has 0 fully saturated rings. The second-order valence-electron chi connectivity index (χ2n) is 6.19. The molecule has 24 heavy (non-hydrogen) atoms. The summed E-state index contributed by atoms with van der Waals surface area (Å²) in [5.74, 6) is 1.68. The zero-order valence-electron chi connectivity index (χ0n) is 14.4. The van der Waals surface area contributed by atoms with Crippen molar-refractivity contribution in [3.05, 3.63) is 16.3 Å². The van der Waals surface area contributed by atoms with Crippen molar-refractivity contribution < 1.29 is 8.42 Å². The van der Waals surface area contributed by atoms with E-state index in [0.717, 1.165) is 35.7 Å². The van der Waals surface area contributed by atoms with E-state index in [2.05, 4.69) is 15.3 Å². The van der Waals surface area contributed by atoms with Crippen LogP contribution < -0.4 is 5.32 Å². The fourth-order valence-corrected chi connectivity index (χ4v) is 5.49. The molecule has 3 rings (SSSR count). The van der Waals surface area contributed by atoms with Crippen LogP contribution in [0.15, 0.2) is 0 Å².